The second kappa shape index (κ2) is 7.32. The molecule has 2 aliphatic carbocycles. The Bertz CT molecular complexity index is 952. The van der Waals surface area contributed by atoms with Gasteiger partial charge in [-0.05, 0) is 54.0 Å². The molecule has 0 saturated heterocycles. The summed E-state index contributed by atoms with van der Waals surface area (Å²) < 4.78 is 0. The smallest absolute Gasteiger partial charge is 0.0617 e. The minimum atomic E-state index is -0.412. The van der Waals surface area contributed by atoms with Gasteiger partial charge in [-0.2, -0.15) is 0 Å². The van der Waals surface area contributed by atoms with Crippen LogP contribution in [-0.2, 0) is 0 Å². The van der Waals surface area contributed by atoms with Crippen LogP contribution in [0, 0.1) is 13.8 Å². The molecule has 0 N–H and O–H groups in total. The molecule has 2 aromatic carbocycles. The van der Waals surface area contributed by atoms with Crippen molar-refractivity contribution in [3.63, 3.8) is 0 Å². The van der Waals surface area contributed by atoms with Crippen molar-refractivity contribution in [3.05, 3.63) is 106 Å². The minimum Gasteiger partial charge on any atom is -0.0840 e. The van der Waals surface area contributed by atoms with E-state index in [0.717, 1.165) is 6.42 Å². The standard InChI is InChI=1S/C26H28Si/c1-19-16-20(2)18-22(17-19)23-12-13-24(25(23)21-10-6-4-7-11-21)27-26(3)14-8-5-9-15-26/h4-12,14,16-18H,13,15,27H2,1-3H3. The monoisotopic (exact) mass is 368 g/mol. The molecule has 2 aliphatic rings. The zero-order chi connectivity index (χ0) is 18.9. The first kappa shape index (κ1) is 18.0. The maximum absolute atomic E-state index is 2.48. The third kappa shape index (κ3) is 3.84. The molecule has 0 aromatic heterocycles. The Morgan fingerprint density at radius 3 is 2.30 bits per heavy atom. The third-order valence-corrected chi connectivity index (χ3v) is 8.12. The molecule has 1 unspecified atom stereocenters. The third-order valence-electron chi connectivity index (χ3n) is 5.72. The van der Waals surface area contributed by atoms with Crippen LogP contribution in [0.1, 0.15) is 42.0 Å². The van der Waals surface area contributed by atoms with Crippen LogP contribution >= 0.6 is 0 Å². The van der Waals surface area contributed by atoms with Crippen LogP contribution in [0.15, 0.2) is 84.1 Å². The van der Waals surface area contributed by atoms with Gasteiger partial charge in [0.15, 0.2) is 0 Å². The quantitative estimate of drug-likeness (QED) is 0.550. The Kier molecular flexibility index (Phi) is 4.88. The van der Waals surface area contributed by atoms with E-state index < -0.39 is 9.52 Å². The van der Waals surface area contributed by atoms with Crippen LogP contribution in [0.25, 0.3) is 11.1 Å². The lowest BCUT2D eigenvalue weighted by molar-refractivity contribution is 0.754. The van der Waals surface area contributed by atoms with E-state index in [1.54, 1.807) is 5.20 Å². The fraction of sp³-hybridized carbons (Fsp3) is 0.231. The molecule has 0 aliphatic heterocycles. The average Bonchev–Trinajstić information content (AvgIpc) is 3.05. The molecule has 0 spiro atoms. The normalized spacial score (nSPS) is 22.1. The number of allylic oxidation sites excluding steroid dienone is 8. The summed E-state index contributed by atoms with van der Waals surface area (Å²) in [7, 11) is -0.412. The fourth-order valence-corrected chi connectivity index (χ4v) is 6.93. The van der Waals surface area contributed by atoms with E-state index in [-0.39, 0.29) is 0 Å². The molecule has 1 heteroatoms. The molecule has 0 saturated carbocycles. The summed E-state index contributed by atoms with van der Waals surface area (Å²) >= 11 is 0. The lowest BCUT2D eigenvalue weighted by Crippen LogP contribution is -2.17. The van der Waals surface area contributed by atoms with Crippen LogP contribution in [0.5, 0.6) is 0 Å². The number of benzene rings is 2. The Hall–Kier alpha value is -2.38. The lowest BCUT2D eigenvalue weighted by Gasteiger charge is -2.27. The van der Waals surface area contributed by atoms with Crippen molar-refractivity contribution in [2.45, 2.75) is 38.7 Å². The van der Waals surface area contributed by atoms with Gasteiger partial charge in [-0.1, -0.05) is 102 Å². The van der Waals surface area contributed by atoms with E-state index in [9.17, 15) is 0 Å². The van der Waals surface area contributed by atoms with Crippen molar-refractivity contribution in [1.29, 1.82) is 0 Å². The zero-order valence-electron chi connectivity index (χ0n) is 16.6. The maximum atomic E-state index is 2.48. The van der Waals surface area contributed by atoms with E-state index in [4.69, 9.17) is 0 Å². The number of aryl methyl sites for hydroxylation is 2. The Balaban J connectivity index is 1.79. The van der Waals surface area contributed by atoms with Gasteiger partial charge in [-0.25, -0.2) is 0 Å². The van der Waals surface area contributed by atoms with Gasteiger partial charge in [0.05, 0.1) is 9.52 Å². The predicted molar refractivity (Wildman–Crippen MR) is 122 cm³/mol. The van der Waals surface area contributed by atoms with Crippen molar-refractivity contribution in [2.24, 2.45) is 0 Å². The molecule has 1 atom stereocenters. The minimum absolute atomic E-state index is 0.357. The molecule has 0 bridgehead atoms. The van der Waals surface area contributed by atoms with Crippen molar-refractivity contribution in [3.8, 4) is 0 Å². The molecular weight excluding hydrogens is 340 g/mol. The highest BCUT2D eigenvalue weighted by atomic mass is 28.2. The molecular formula is C26H28Si. The molecule has 0 radical (unpaired) electrons. The molecule has 27 heavy (non-hydrogen) atoms. The zero-order valence-corrected chi connectivity index (χ0v) is 18.0. The van der Waals surface area contributed by atoms with Crippen molar-refractivity contribution < 1.29 is 0 Å². The molecule has 0 nitrogen and oxygen atoms in total. The van der Waals surface area contributed by atoms with Crippen LogP contribution < -0.4 is 0 Å². The van der Waals surface area contributed by atoms with Gasteiger partial charge in [0, 0.05) is 0 Å². The average molecular weight is 369 g/mol. The summed E-state index contributed by atoms with van der Waals surface area (Å²) in [5.41, 5.74) is 8.39. The first-order valence-electron chi connectivity index (χ1n) is 9.95. The highest BCUT2D eigenvalue weighted by Gasteiger charge is 2.28. The van der Waals surface area contributed by atoms with Crippen LogP contribution in [0.4, 0.5) is 0 Å². The lowest BCUT2D eigenvalue weighted by atomic mass is 9.93. The number of hydrogen-bond acceptors (Lipinski definition) is 0. The first-order valence-corrected chi connectivity index (χ1v) is 11.4. The summed E-state index contributed by atoms with van der Waals surface area (Å²) in [5.74, 6) is 0. The molecule has 0 fully saturated rings. The van der Waals surface area contributed by atoms with E-state index in [1.807, 2.05) is 0 Å². The predicted octanol–water partition coefficient (Wildman–Crippen LogP) is 6.37. The van der Waals surface area contributed by atoms with Crippen molar-refractivity contribution in [2.75, 3.05) is 0 Å². The largest absolute Gasteiger partial charge is 0.0840 e. The SMILES string of the molecule is Cc1cc(C)cc(C2=CCC([SiH2]C3(C)C=CC=CC3)=C2c2ccccc2)c1. The van der Waals surface area contributed by atoms with Gasteiger partial charge in [-0.3, -0.25) is 0 Å². The molecule has 4 rings (SSSR count). The van der Waals surface area contributed by atoms with Crippen LogP contribution in [-0.4, -0.2) is 9.52 Å². The van der Waals surface area contributed by atoms with Gasteiger partial charge < -0.3 is 0 Å². The van der Waals surface area contributed by atoms with Crippen LogP contribution in [0.2, 0.25) is 5.04 Å². The fourth-order valence-electron chi connectivity index (χ4n) is 4.53. The van der Waals surface area contributed by atoms with Gasteiger partial charge in [-0.15, -0.1) is 0 Å². The molecule has 2 aromatic rings. The molecule has 0 heterocycles. The van der Waals surface area contributed by atoms with Gasteiger partial charge in [0.2, 0.25) is 0 Å². The highest BCUT2D eigenvalue weighted by Crippen LogP contribution is 2.45. The van der Waals surface area contributed by atoms with Gasteiger partial charge in [0.25, 0.3) is 0 Å². The summed E-state index contributed by atoms with van der Waals surface area (Å²) in [6.07, 6.45) is 14.0. The summed E-state index contributed by atoms with van der Waals surface area (Å²) in [5, 5.41) is 2.06. The Labute approximate surface area is 165 Å². The summed E-state index contributed by atoms with van der Waals surface area (Å²) in [6, 6.07) is 18.0. The second-order valence-electron chi connectivity index (χ2n) is 8.37. The van der Waals surface area contributed by atoms with E-state index in [0.29, 0.717) is 5.04 Å². The first-order chi connectivity index (χ1) is 13.0. The second-order valence-corrected chi connectivity index (χ2v) is 11.2. The van der Waals surface area contributed by atoms with E-state index in [1.165, 1.54) is 39.8 Å². The van der Waals surface area contributed by atoms with Crippen molar-refractivity contribution in [1.82, 2.24) is 0 Å². The highest BCUT2D eigenvalue weighted by molar-refractivity contribution is 6.53. The maximum Gasteiger partial charge on any atom is 0.0617 e. The van der Waals surface area contributed by atoms with Gasteiger partial charge >= 0.3 is 0 Å². The van der Waals surface area contributed by atoms with E-state index in [2.05, 4.69) is 99.7 Å². The Morgan fingerprint density at radius 1 is 0.889 bits per heavy atom. The summed E-state index contributed by atoms with van der Waals surface area (Å²) in [6.45, 7) is 6.85. The molecule has 0 amide bonds. The van der Waals surface area contributed by atoms with Gasteiger partial charge in [0.1, 0.15) is 0 Å². The Morgan fingerprint density at radius 2 is 1.63 bits per heavy atom. The van der Waals surface area contributed by atoms with Crippen LogP contribution in [0.3, 0.4) is 0 Å². The topological polar surface area (TPSA) is 0 Å². The number of rotatable bonds is 4. The van der Waals surface area contributed by atoms with Crippen molar-refractivity contribution >= 4 is 20.7 Å². The van der Waals surface area contributed by atoms with E-state index >= 15 is 0 Å². The summed E-state index contributed by atoms with van der Waals surface area (Å²) in [4.78, 5) is 0. The number of hydrogen-bond donors (Lipinski definition) is 0. The molecule has 136 valence electrons.